The molecule has 0 amide bonds. The molecule has 3 rings (SSSR count). The number of thiophene rings is 1. The van der Waals surface area contributed by atoms with Crippen molar-refractivity contribution in [2.75, 3.05) is 10.5 Å². The molecule has 0 saturated carbocycles. The lowest BCUT2D eigenvalue weighted by Gasteiger charge is -2.12. The van der Waals surface area contributed by atoms with E-state index in [0.29, 0.717) is 11.4 Å². The second kappa shape index (κ2) is 7.35. The van der Waals surface area contributed by atoms with Gasteiger partial charge in [0.15, 0.2) is 0 Å². The van der Waals surface area contributed by atoms with Crippen molar-refractivity contribution in [3.63, 3.8) is 0 Å². The SMILES string of the molecule is Cc1ccccc1-n1nc(-c2cccs2)cc1NS(=O)(=O)CCC(F)(F)F. The zero-order valence-corrected chi connectivity index (χ0v) is 15.8. The zero-order chi connectivity index (χ0) is 19.7. The summed E-state index contributed by atoms with van der Waals surface area (Å²) in [6.45, 7) is 1.84. The van der Waals surface area contributed by atoms with Crippen molar-refractivity contribution in [1.29, 1.82) is 0 Å². The molecule has 0 radical (unpaired) electrons. The first-order valence-corrected chi connectivity index (χ1v) is 10.4. The summed E-state index contributed by atoms with van der Waals surface area (Å²) < 4.78 is 65.2. The highest BCUT2D eigenvalue weighted by Crippen LogP contribution is 2.30. The van der Waals surface area contributed by atoms with Crippen LogP contribution in [0.1, 0.15) is 12.0 Å². The van der Waals surface area contributed by atoms with Crippen LogP contribution in [0.2, 0.25) is 0 Å². The first-order valence-electron chi connectivity index (χ1n) is 7.92. The Morgan fingerprint density at radius 3 is 2.56 bits per heavy atom. The summed E-state index contributed by atoms with van der Waals surface area (Å²) in [4.78, 5) is 0.818. The first kappa shape index (κ1) is 19.4. The Labute approximate surface area is 158 Å². The molecule has 0 aliphatic carbocycles. The Balaban J connectivity index is 1.99. The molecule has 0 atom stereocenters. The maximum absolute atomic E-state index is 12.4. The molecule has 27 heavy (non-hydrogen) atoms. The number of anilines is 1. The molecule has 144 valence electrons. The lowest BCUT2D eigenvalue weighted by molar-refractivity contribution is -0.129. The lowest BCUT2D eigenvalue weighted by Crippen LogP contribution is -2.23. The number of rotatable bonds is 6. The average molecular weight is 415 g/mol. The summed E-state index contributed by atoms with van der Waals surface area (Å²) in [5.41, 5.74) is 2.00. The molecule has 0 bridgehead atoms. The molecular formula is C17H16F3N3O2S2. The second-order valence-electron chi connectivity index (χ2n) is 5.88. The second-order valence-corrected chi connectivity index (χ2v) is 8.67. The molecule has 0 spiro atoms. The van der Waals surface area contributed by atoms with Gasteiger partial charge in [-0.25, -0.2) is 13.1 Å². The highest BCUT2D eigenvalue weighted by atomic mass is 32.2. The van der Waals surface area contributed by atoms with E-state index in [0.717, 1.165) is 10.4 Å². The average Bonchev–Trinajstić information content (AvgIpc) is 3.22. The fourth-order valence-electron chi connectivity index (χ4n) is 2.44. The van der Waals surface area contributed by atoms with Crippen molar-refractivity contribution < 1.29 is 21.6 Å². The van der Waals surface area contributed by atoms with E-state index in [1.54, 1.807) is 12.1 Å². The number of nitrogens with one attached hydrogen (secondary N) is 1. The maximum atomic E-state index is 12.4. The van der Waals surface area contributed by atoms with Crippen molar-refractivity contribution in [3.8, 4) is 16.3 Å². The van der Waals surface area contributed by atoms with Crippen LogP contribution in [0, 0.1) is 6.92 Å². The molecule has 2 heterocycles. The molecule has 10 heteroatoms. The number of aryl methyl sites for hydroxylation is 1. The summed E-state index contributed by atoms with van der Waals surface area (Å²) in [7, 11) is -4.19. The molecule has 3 aromatic rings. The number of alkyl halides is 3. The van der Waals surface area contributed by atoms with Crippen LogP contribution in [0.3, 0.4) is 0 Å². The fourth-order valence-corrected chi connectivity index (χ4v) is 4.19. The highest BCUT2D eigenvalue weighted by molar-refractivity contribution is 7.92. The number of para-hydroxylation sites is 1. The number of sulfonamides is 1. The van der Waals surface area contributed by atoms with Crippen LogP contribution in [0.15, 0.2) is 47.8 Å². The van der Waals surface area contributed by atoms with Crippen LogP contribution >= 0.6 is 11.3 Å². The van der Waals surface area contributed by atoms with E-state index in [-0.39, 0.29) is 5.82 Å². The predicted octanol–water partition coefficient (Wildman–Crippen LogP) is 4.60. The normalized spacial score (nSPS) is 12.3. The van der Waals surface area contributed by atoms with Crippen molar-refractivity contribution in [2.24, 2.45) is 0 Å². The van der Waals surface area contributed by atoms with E-state index < -0.39 is 28.4 Å². The molecule has 5 nitrogen and oxygen atoms in total. The third kappa shape index (κ3) is 4.89. The molecule has 0 aliphatic heterocycles. The minimum absolute atomic E-state index is 0.0925. The van der Waals surface area contributed by atoms with Crippen LogP contribution in [0.4, 0.5) is 19.0 Å². The van der Waals surface area contributed by atoms with Gasteiger partial charge in [-0.15, -0.1) is 11.3 Å². The zero-order valence-electron chi connectivity index (χ0n) is 14.2. The Hall–Kier alpha value is -2.33. The van der Waals surface area contributed by atoms with Gasteiger partial charge < -0.3 is 0 Å². The van der Waals surface area contributed by atoms with Crippen LogP contribution in [-0.2, 0) is 10.0 Å². The van der Waals surface area contributed by atoms with Gasteiger partial charge in [0.25, 0.3) is 0 Å². The van der Waals surface area contributed by atoms with Crippen molar-refractivity contribution in [3.05, 3.63) is 53.4 Å². The molecule has 2 aromatic heterocycles. The monoisotopic (exact) mass is 415 g/mol. The number of nitrogens with zero attached hydrogens (tertiary/aromatic N) is 2. The number of benzene rings is 1. The van der Waals surface area contributed by atoms with Crippen molar-refractivity contribution in [1.82, 2.24) is 9.78 Å². The number of hydrogen-bond donors (Lipinski definition) is 1. The van der Waals surface area contributed by atoms with E-state index in [9.17, 15) is 21.6 Å². The van der Waals surface area contributed by atoms with E-state index in [1.165, 1.54) is 22.1 Å². The van der Waals surface area contributed by atoms with Gasteiger partial charge in [0.05, 0.1) is 22.7 Å². The summed E-state index contributed by atoms with van der Waals surface area (Å²) in [6, 6.07) is 12.4. The largest absolute Gasteiger partial charge is 0.390 e. The fraction of sp³-hybridized carbons (Fsp3) is 0.235. The number of aromatic nitrogens is 2. The van der Waals surface area contributed by atoms with Gasteiger partial charge >= 0.3 is 6.18 Å². The van der Waals surface area contributed by atoms with Crippen LogP contribution in [-0.4, -0.2) is 30.1 Å². The van der Waals surface area contributed by atoms with E-state index in [1.807, 2.05) is 36.6 Å². The molecule has 0 aliphatic rings. The van der Waals surface area contributed by atoms with E-state index in [2.05, 4.69) is 9.82 Å². The van der Waals surface area contributed by atoms with Gasteiger partial charge in [-0.1, -0.05) is 24.3 Å². The lowest BCUT2D eigenvalue weighted by atomic mass is 10.2. The van der Waals surface area contributed by atoms with E-state index >= 15 is 0 Å². The van der Waals surface area contributed by atoms with Crippen molar-refractivity contribution in [2.45, 2.75) is 19.5 Å². The van der Waals surface area contributed by atoms with Gasteiger partial charge in [0.1, 0.15) is 11.5 Å². The summed E-state index contributed by atoms with van der Waals surface area (Å²) in [5.74, 6) is -0.959. The first-order chi connectivity index (χ1) is 12.6. The summed E-state index contributed by atoms with van der Waals surface area (Å²) in [6.07, 6.45) is -5.97. The van der Waals surface area contributed by atoms with Gasteiger partial charge in [-0.2, -0.15) is 18.3 Å². The van der Waals surface area contributed by atoms with Crippen molar-refractivity contribution >= 4 is 27.2 Å². The maximum Gasteiger partial charge on any atom is 0.390 e. The summed E-state index contributed by atoms with van der Waals surface area (Å²) in [5, 5.41) is 6.31. The third-order valence-electron chi connectivity index (χ3n) is 3.74. The Bertz CT molecular complexity index is 1030. The minimum atomic E-state index is -4.55. The van der Waals surface area contributed by atoms with Gasteiger partial charge in [-0.3, -0.25) is 4.72 Å². The Kier molecular flexibility index (Phi) is 5.29. The van der Waals surface area contributed by atoms with Crippen LogP contribution in [0.5, 0.6) is 0 Å². The quantitative estimate of drug-likeness (QED) is 0.640. The predicted molar refractivity (Wildman–Crippen MR) is 99.7 cm³/mol. The Morgan fingerprint density at radius 2 is 1.93 bits per heavy atom. The Morgan fingerprint density at radius 1 is 1.19 bits per heavy atom. The highest BCUT2D eigenvalue weighted by Gasteiger charge is 2.30. The topological polar surface area (TPSA) is 64.0 Å². The third-order valence-corrected chi connectivity index (χ3v) is 5.90. The van der Waals surface area contributed by atoms with Gasteiger partial charge in [0, 0.05) is 6.07 Å². The molecular weight excluding hydrogens is 399 g/mol. The molecule has 0 fully saturated rings. The molecule has 1 N–H and O–H groups in total. The molecule has 0 saturated heterocycles. The number of halogens is 3. The summed E-state index contributed by atoms with van der Waals surface area (Å²) >= 11 is 1.43. The van der Waals surface area contributed by atoms with E-state index in [4.69, 9.17) is 0 Å². The minimum Gasteiger partial charge on any atom is -0.267 e. The molecule has 0 unspecified atom stereocenters. The standard InChI is InChI=1S/C17H16F3N3O2S2/c1-12-5-2-3-6-14(12)23-16(11-13(21-23)15-7-4-9-26-15)22-27(24,25)10-8-17(18,19)20/h2-7,9,11,22H,8,10H2,1H3. The van der Waals surface area contributed by atoms with Crippen LogP contribution in [0.25, 0.3) is 16.3 Å². The van der Waals surface area contributed by atoms with Crippen LogP contribution < -0.4 is 4.72 Å². The van der Waals surface area contributed by atoms with Gasteiger partial charge in [0.2, 0.25) is 10.0 Å². The van der Waals surface area contributed by atoms with Gasteiger partial charge in [-0.05, 0) is 30.0 Å². The molecule has 1 aromatic carbocycles. The number of hydrogen-bond acceptors (Lipinski definition) is 4. The smallest absolute Gasteiger partial charge is 0.267 e.